The Morgan fingerprint density at radius 1 is 1.03 bits per heavy atom. The van der Waals surface area contributed by atoms with Crippen molar-refractivity contribution in [2.45, 2.75) is 39.8 Å². The molecule has 3 aromatic carbocycles. The molecule has 0 unspecified atom stereocenters. The zero-order chi connectivity index (χ0) is 24.4. The van der Waals surface area contributed by atoms with E-state index in [9.17, 15) is 9.59 Å². The predicted octanol–water partition coefficient (Wildman–Crippen LogP) is 5.30. The van der Waals surface area contributed by atoms with Gasteiger partial charge in [-0.3, -0.25) is 9.59 Å². The van der Waals surface area contributed by atoms with E-state index >= 15 is 0 Å². The summed E-state index contributed by atoms with van der Waals surface area (Å²) in [6, 6.07) is 19.1. The number of rotatable bonds is 8. The minimum atomic E-state index is -0.239. The van der Waals surface area contributed by atoms with Gasteiger partial charge in [0, 0.05) is 18.2 Å². The molecule has 7 heteroatoms. The number of aromatic nitrogens is 1. The van der Waals surface area contributed by atoms with Crippen molar-refractivity contribution < 1.29 is 18.8 Å². The highest BCUT2D eigenvalue weighted by atomic mass is 16.5. The lowest BCUT2D eigenvalue weighted by molar-refractivity contribution is -0.117. The van der Waals surface area contributed by atoms with Crippen LogP contribution in [0.1, 0.15) is 45.8 Å². The molecule has 1 fully saturated rings. The molecule has 35 heavy (non-hydrogen) atoms. The number of nitrogens with zero attached hydrogens (tertiary/aromatic N) is 1. The van der Waals surface area contributed by atoms with E-state index in [2.05, 4.69) is 15.8 Å². The van der Waals surface area contributed by atoms with E-state index in [4.69, 9.17) is 9.26 Å². The number of carbonyl (C=O) groups excluding carboxylic acids is 2. The SMILES string of the molecule is Cc1noc(C)c1COc1cc2ccccc2cc1C(=O)NCc1cccc(NC(=O)C2CC2)c1. The lowest BCUT2D eigenvalue weighted by Gasteiger charge is -2.14. The molecule has 5 rings (SSSR count). The lowest BCUT2D eigenvalue weighted by atomic mass is 10.0. The van der Waals surface area contributed by atoms with Crippen LogP contribution in [0.4, 0.5) is 5.69 Å². The van der Waals surface area contributed by atoms with Crippen molar-refractivity contribution in [3.8, 4) is 5.75 Å². The Morgan fingerprint density at radius 3 is 2.51 bits per heavy atom. The molecule has 1 aromatic heterocycles. The highest BCUT2D eigenvalue weighted by Gasteiger charge is 2.29. The number of benzene rings is 3. The summed E-state index contributed by atoms with van der Waals surface area (Å²) in [4.78, 5) is 25.3. The first-order chi connectivity index (χ1) is 17.0. The number of ether oxygens (including phenoxy) is 1. The molecule has 0 radical (unpaired) electrons. The molecule has 1 heterocycles. The Morgan fingerprint density at radius 2 is 1.80 bits per heavy atom. The molecule has 1 aliphatic carbocycles. The van der Waals surface area contributed by atoms with Crippen LogP contribution in [0.2, 0.25) is 0 Å². The van der Waals surface area contributed by atoms with Crippen molar-refractivity contribution in [3.05, 3.63) is 88.8 Å². The zero-order valence-electron chi connectivity index (χ0n) is 19.8. The van der Waals surface area contributed by atoms with Crippen LogP contribution in [-0.4, -0.2) is 17.0 Å². The predicted molar refractivity (Wildman–Crippen MR) is 133 cm³/mol. The number of carbonyl (C=O) groups is 2. The maximum atomic E-state index is 13.2. The van der Waals surface area contributed by atoms with Crippen LogP contribution in [-0.2, 0) is 17.9 Å². The van der Waals surface area contributed by atoms with E-state index < -0.39 is 0 Å². The summed E-state index contributed by atoms with van der Waals surface area (Å²) in [6.07, 6.45) is 1.90. The second kappa shape index (κ2) is 9.62. The zero-order valence-corrected chi connectivity index (χ0v) is 19.8. The van der Waals surface area contributed by atoms with Gasteiger partial charge >= 0.3 is 0 Å². The van der Waals surface area contributed by atoms with Crippen LogP contribution >= 0.6 is 0 Å². The smallest absolute Gasteiger partial charge is 0.255 e. The number of amides is 2. The Hall–Kier alpha value is -4.13. The third-order valence-electron chi connectivity index (χ3n) is 6.24. The molecule has 2 N–H and O–H groups in total. The minimum Gasteiger partial charge on any atom is -0.488 e. The standard InChI is InChI=1S/C28H27N3O4/c1-17-25(18(2)35-31-17)16-34-26-14-22-8-4-3-7-21(22)13-24(26)28(33)29-15-19-6-5-9-23(12-19)30-27(32)20-10-11-20/h3-9,12-14,20H,10-11,15-16H2,1-2H3,(H,29,33)(H,30,32). The van der Waals surface area contributed by atoms with E-state index in [0.29, 0.717) is 23.6 Å². The normalized spacial score (nSPS) is 13.0. The monoisotopic (exact) mass is 469 g/mol. The summed E-state index contributed by atoms with van der Waals surface area (Å²) in [5, 5.41) is 11.8. The highest BCUT2D eigenvalue weighted by molar-refractivity contribution is 6.01. The van der Waals surface area contributed by atoms with Gasteiger partial charge in [0.1, 0.15) is 18.1 Å². The first-order valence-electron chi connectivity index (χ1n) is 11.7. The van der Waals surface area contributed by atoms with Gasteiger partial charge in [-0.15, -0.1) is 0 Å². The number of aryl methyl sites for hydroxylation is 2. The molecule has 0 atom stereocenters. The van der Waals surface area contributed by atoms with Crippen molar-refractivity contribution in [1.82, 2.24) is 10.5 Å². The molecule has 0 saturated heterocycles. The average Bonchev–Trinajstić information content (AvgIpc) is 3.67. The molecule has 2 amide bonds. The molecule has 0 bridgehead atoms. The maximum absolute atomic E-state index is 13.2. The average molecular weight is 470 g/mol. The summed E-state index contributed by atoms with van der Waals surface area (Å²) < 4.78 is 11.3. The van der Waals surface area contributed by atoms with Gasteiger partial charge < -0.3 is 19.9 Å². The summed E-state index contributed by atoms with van der Waals surface area (Å²) in [7, 11) is 0. The van der Waals surface area contributed by atoms with Crippen molar-refractivity contribution in [2.75, 3.05) is 5.32 Å². The van der Waals surface area contributed by atoms with Crippen LogP contribution in [0, 0.1) is 19.8 Å². The Labute approximate surface area is 203 Å². The molecule has 178 valence electrons. The van der Waals surface area contributed by atoms with Crippen LogP contribution in [0.5, 0.6) is 5.75 Å². The number of nitrogens with one attached hydrogen (secondary N) is 2. The fourth-order valence-electron chi connectivity index (χ4n) is 4.00. The fraction of sp³-hybridized carbons (Fsp3) is 0.250. The second-order valence-electron chi connectivity index (χ2n) is 8.93. The molecule has 7 nitrogen and oxygen atoms in total. The molecule has 0 aliphatic heterocycles. The number of hydrogen-bond acceptors (Lipinski definition) is 5. The molecule has 1 saturated carbocycles. The van der Waals surface area contributed by atoms with Crippen molar-refractivity contribution in [3.63, 3.8) is 0 Å². The lowest BCUT2D eigenvalue weighted by Crippen LogP contribution is -2.23. The number of hydrogen-bond donors (Lipinski definition) is 2. The number of fused-ring (bicyclic) bond motifs is 1. The van der Waals surface area contributed by atoms with Gasteiger partial charge in [0.15, 0.2) is 0 Å². The quantitative estimate of drug-likeness (QED) is 0.365. The van der Waals surface area contributed by atoms with Gasteiger partial charge in [0.25, 0.3) is 5.91 Å². The van der Waals surface area contributed by atoms with Gasteiger partial charge in [-0.2, -0.15) is 0 Å². The van der Waals surface area contributed by atoms with Crippen LogP contribution < -0.4 is 15.4 Å². The van der Waals surface area contributed by atoms with E-state index in [-0.39, 0.29) is 24.3 Å². The fourth-order valence-corrected chi connectivity index (χ4v) is 4.00. The highest BCUT2D eigenvalue weighted by Crippen LogP contribution is 2.30. The van der Waals surface area contributed by atoms with Crippen molar-refractivity contribution in [1.29, 1.82) is 0 Å². The summed E-state index contributed by atoms with van der Waals surface area (Å²) in [6.45, 7) is 4.28. The Balaban J connectivity index is 1.33. The van der Waals surface area contributed by atoms with Crippen LogP contribution in [0.3, 0.4) is 0 Å². The second-order valence-corrected chi connectivity index (χ2v) is 8.93. The van der Waals surface area contributed by atoms with E-state index in [1.54, 1.807) is 0 Å². The third-order valence-corrected chi connectivity index (χ3v) is 6.24. The molecule has 0 spiro atoms. The topological polar surface area (TPSA) is 93.5 Å². The summed E-state index contributed by atoms with van der Waals surface area (Å²) >= 11 is 0. The minimum absolute atomic E-state index is 0.0578. The molecule has 4 aromatic rings. The number of anilines is 1. The summed E-state index contributed by atoms with van der Waals surface area (Å²) in [5.74, 6) is 1.14. The third kappa shape index (κ3) is 5.19. The van der Waals surface area contributed by atoms with Crippen molar-refractivity contribution in [2.24, 2.45) is 5.92 Å². The largest absolute Gasteiger partial charge is 0.488 e. The van der Waals surface area contributed by atoms with E-state index in [1.165, 1.54) is 0 Å². The van der Waals surface area contributed by atoms with E-state index in [0.717, 1.165) is 46.1 Å². The van der Waals surface area contributed by atoms with Gasteiger partial charge in [0.2, 0.25) is 5.91 Å². The molecular weight excluding hydrogens is 442 g/mol. The Kier molecular flexibility index (Phi) is 6.23. The first-order valence-corrected chi connectivity index (χ1v) is 11.7. The van der Waals surface area contributed by atoms with E-state index in [1.807, 2.05) is 74.5 Å². The van der Waals surface area contributed by atoms with Gasteiger partial charge in [-0.05, 0) is 67.3 Å². The first kappa shape index (κ1) is 22.7. The molecular formula is C28H27N3O4. The van der Waals surface area contributed by atoms with Crippen molar-refractivity contribution >= 4 is 28.3 Å². The maximum Gasteiger partial charge on any atom is 0.255 e. The van der Waals surface area contributed by atoms with Crippen LogP contribution in [0.15, 0.2) is 65.2 Å². The van der Waals surface area contributed by atoms with Gasteiger partial charge in [-0.1, -0.05) is 41.6 Å². The van der Waals surface area contributed by atoms with Gasteiger partial charge in [-0.25, -0.2) is 0 Å². The Bertz CT molecular complexity index is 1390. The summed E-state index contributed by atoms with van der Waals surface area (Å²) in [5.41, 5.74) is 3.72. The van der Waals surface area contributed by atoms with Gasteiger partial charge in [0.05, 0.1) is 16.8 Å². The molecule has 1 aliphatic rings. The van der Waals surface area contributed by atoms with Crippen LogP contribution in [0.25, 0.3) is 10.8 Å².